The van der Waals surface area contributed by atoms with E-state index in [4.69, 9.17) is 9.72 Å². The third-order valence-electron chi connectivity index (χ3n) is 5.53. The Morgan fingerprint density at radius 2 is 1.88 bits per heavy atom. The molecule has 4 heteroatoms. The van der Waals surface area contributed by atoms with Crippen LogP contribution in [0.3, 0.4) is 0 Å². The monoisotopic (exact) mass is 353 g/mol. The molecule has 0 spiro atoms. The summed E-state index contributed by atoms with van der Waals surface area (Å²) in [7, 11) is 1.68. The first-order valence-electron chi connectivity index (χ1n) is 9.59. The molecule has 0 unspecified atom stereocenters. The van der Waals surface area contributed by atoms with Gasteiger partial charge in [0.1, 0.15) is 0 Å². The van der Waals surface area contributed by atoms with Crippen molar-refractivity contribution in [2.75, 3.05) is 20.2 Å². The molecule has 26 heavy (non-hydrogen) atoms. The van der Waals surface area contributed by atoms with Crippen LogP contribution in [0.15, 0.2) is 30.3 Å². The van der Waals surface area contributed by atoms with E-state index in [9.17, 15) is 0 Å². The summed E-state index contributed by atoms with van der Waals surface area (Å²) in [6, 6.07) is 10.5. The average molecular weight is 354 g/mol. The van der Waals surface area contributed by atoms with Gasteiger partial charge in [0, 0.05) is 24.0 Å². The molecule has 1 aliphatic rings. The Bertz CT molecular complexity index is 737. The molecule has 1 fully saturated rings. The molecule has 3 rings (SSSR count). The number of aryl methyl sites for hydroxylation is 2. The van der Waals surface area contributed by atoms with Crippen LogP contribution in [-0.2, 0) is 12.0 Å². The Morgan fingerprint density at radius 3 is 2.58 bits per heavy atom. The lowest BCUT2D eigenvalue weighted by atomic mass is 9.87. The summed E-state index contributed by atoms with van der Waals surface area (Å²) in [5.74, 6) is 1.36. The molecule has 0 bridgehead atoms. The van der Waals surface area contributed by atoms with Crippen molar-refractivity contribution in [1.82, 2.24) is 14.9 Å². The molecule has 0 aromatic carbocycles. The van der Waals surface area contributed by atoms with Crippen LogP contribution in [0.2, 0.25) is 0 Å². The van der Waals surface area contributed by atoms with Gasteiger partial charge in [-0.25, -0.2) is 4.98 Å². The van der Waals surface area contributed by atoms with Gasteiger partial charge in [-0.05, 0) is 83.2 Å². The van der Waals surface area contributed by atoms with E-state index in [2.05, 4.69) is 55.8 Å². The minimum absolute atomic E-state index is 0.0999. The largest absolute Gasteiger partial charge is 0.481 e. The minimum Gasteiger partial charge on any atom is -0.481 e. The molecule has 3 heterocycles. The Labute approximate surface area is 157 Å². The van der Waals surface area contributed by atoms with Crippen LogP contribution in [-0.4, -0.2) is 35.1 Å². The quantitative estimate of drug-likeness (QED) is 0.804. The van der Waals surface area contributed by atoms with Crippen molar-refractivity contribution >= 4 is 0 Å². The second-order valence-corrected chi connectivity index (χ2v) is 8.04. The van der Waals surface area contributed by atoms with Gasteiger partial charge in [-0.3, -0.25) is 9.88 Å². The molecule has 4 nitrogen and oxygen atoms in total. The number of nitrogens with zero attached hydrogens (tertiary/aromatic N) is 3. The van der Waals surface area contributed by atoms with E-state index < -0.39 is 0 Å². The third-order valence-corrected chi connectivity index (χ3v) is 5.53. The lowest BCUT2D eigenvalue weighted by Gasteiger charge is -2.43. The van der Waals surface area contributed by atoms with Crippen molar-refractivity contribution in [2.24, 2.45) is 5.92 Å². The number of aromatic nitrogens is 2. The van der Waals surface area contributed by atoms with Crippen LogP contribution in [0.25, 0.3) is 0 Å². The predicted molar refractivity (Wildman–Crippen MR) is 106 cm³/mol. The van der Waals surface area contributed by atoms with E-state index in [0.717, 1.165) is 36.6 Å². The number of rotatable bonds is 5. The molecule has 1 atom stereocenters. The molecular weight excluding hydrogens is 322 g/mol. The first-order valence-corrected chi connectivity index (χ1v) is 9.59. The molecule has 0 N–H and O–H groups in total. The van der Waals surface area contributed by atoms with Crippen molar-refractivity contribution in [3.05, 3.63) is 53.0 Å². The number of methoxy groups -OCH3 is 1. The van der Waals surface area contributed by atoms with E-state index in [1.165, 1.54) is 18.4 Å². The predicted octanol–water partition coefficient (Wildman–Crippen LogP) is 4.29. The first-order chi connectivity index (χ1) is 12.4. The normalized spacial score (nSPS) is 18.7. The van der Waals surface area contributed by atoms with Gasteiger partial charge in [-0.1, -0.05) is 6.07 Å². The van der Waals surface area contributed by atoms with E-state index in [1.54, 1.807) is 7.11 Å². The first kappa shape index (κ1) is 18.8. The van der Waals surface area contributed by atoms with Crippen LogP contribution in [0, 0.1) is 19.8 Å². The summed E-state index contributed by atoms with van der Waals surface area (Å²) in [5, 5.41) is 0. The van der Waals surface area contributed by atoms with Gasteiger partial charge in [0.2, 0.25) is 5.88 Å². The summed E-state index contributed by atoms with van der Waals surface area (Å²) < 4.78 is 5.32. The van der Waals surface area contributed by atoms with Crippen LogP contribution in [0.5, 0.6) is 5.88 Å². The van der Waals surface area contributed by atoms with E-state index in [-0.39, 0.29) is 5.54 Å². The van der Waals surface area contributed by atoms with E-state index >= 15 is 0 Å². The fourth-order valence-corrected chi connectivity index (χ4v) is 4.14. The van der Waals surface area contributed by atoms with Gasteiger partial charge in [0.05, 0.1) is 18.3 Å². The van der Waals surface area contributed by atoms with Crippen molar-refractivity contribution in [2.45, 2.75) is 52.5 Å². The molecule has 1 aliphatic heterocycles. The van der Waals surface area contributed by atoms with Gasteiger partial charge >= 0.3 is 0 Å². The summed E-state index contributed by atoms with van der Waals surface area (Å²) in [5.41, 5.74) is 4.63. The van der Waals surface area contributed by atoms with Crippen molar-refractivity contribution < 1.29 is 4.74 Å². The number of pyridine rings is 2. The van der Waals surface area contributed by atoms with Crippen molar-refractivity contribution in [1.29, 1.82) is 0 Å². The minimum atomic E-state index is -0.0999. The highest BCUT2D eigenvalue weighted by Gasteiger charge is 2.34. The maximum Gasteiger partial charge on any atom is 0.213 e. The summed E-state index contributed by atoms with van der Waals surface area (Å²) in [6.45, 7) is 10.9. The van der Waals surface area contributed by atoms with Crippen LogP contribution in [0.4, 0.5) is 0 Å². The molecule has 0 amide bonds. The molecular formula is C22H31N3O. The lowest BCUT2D eigenvalue weighted by molar-refractivity contribution is 0.0615. The highest BCUT2D eigenvalue weighted by molar-refractivity contribution is 5.23. The topological polar surface area (TPSA) is 38.2 Å². The van der Waals surface area contributed by atoms with Gasteiger partial charge in [0.15, 0.2) is 0 Å². The number of hydrogen-bond donors (Lipinski definition) is 0. The molecule has 2 aromatic rings. The lowest BCUT2D eigenvalue weighted by Crippen LogP contribution is -2.48. The summed E-state index contributed by atoms with van der Waals surface area (Å²) >= 11 is 0. The third kappa shape index (κ3) is 4.24. The number of hydrogen-bond acceptors (Lipinski definition) is 4. The summed E-state index contributed by atoms with van der Waals surface area (Å²) in [4.78, 5) is 11.8. The SMILES string of the molecule is COc1cccc(C(C)(C)N2CCC[C@H](Cc3cc(C)nc(C)c3)C2)n1. The van der Waals surface area contributed by atoms with Crippen LogP contribution in [0.1, 0.15) is 49.3 Å². The highest BCUT2D eigenvalue weighted by atomic mass is 16.5. The van der Waals surface area contributed by atoms with Gasteiger partial charge in [-0.2, -0.15) is 0 Å². The standard InChI is InChI=1S/C22H31N3O/c1-16-12-19(13-17(2)23-16)14-18-8-7-11-25(15-18)22(3,4)20-9-6-10-21(24-20)26-5/h6,9-10,12-13,18H,7-8,11,14-15H2,1-5H3/t18-/m1/s1. The Hall–Kier alpha value is -1.94. The molecule has 0 saturated carbocycles. The van der Waals surface area contributed by atoms with Crippen LogP contribution < -0.4 is 4.74 Å². The average Bonchev–Trinajstić information content (AvgIpc) is 2.61. The second-order valence-electron chi connectivity index (χ2n) is 8.04. The fraction of sp³-hybridized carbons (Fsp3) is 0.545. The Balaban J connectivity index is 1.74. The second kappa shape index (κ2) is 7.75. The number of likely N-dealkylation sites (tertiary alicyclic amines) is 1. The van der Waals surface area contributed by atoms with E-state index in [1.807, 2.05) is 12.1 Å². The summed E-state index contributed by atoms with van der Waals surface area (Å²) in [6.07, 6.45) is 3.65. The number of ether oxygens (including phenoxy) is 1. The molecule has 0 aliphatic carbocycles. The zero-order valence-corrected chi connectivity index (χ0v) is 16.7. The molecule has 0 radical (unpaired) electrons. The maximum absolute atomic E-state index is 5.32. The fourth-order valence-electron chi connectivity index (χ4n) is 4.14. The van der Waals surface area contributed by atoms with Crippen molar-refractivity contribution in [3.8, 4) is 5.88 Å². The van der Waals surface area contributed by atoms with Crippen molar-refractivity contribution in [3.63, 3.8) is 0 Å². The maximum atomic E-state index is 5.32. The molecule has 1 saturated heterocycles. The van der Waals surface area contributed by atoms with Gasteiger partial charge in [-0.15, -0.1) is 0 Å². The molecule has 2 aromatic heterocycles. The zero-order chi connectivity index (χ0) is 18.7. The Kier molecular flexibility index (Phi) is 5.61. The zero-order valence-electron chi connectivity index (χ0n) is 16.7. The van der Waals surface area contributed by atoms with Gasteiger partial charge in [0.25, 0.3) is 0 Å². The van der Waals surface area contributed by atoms with E-state index in [0.29, 0.717) is 11.8 Å². The van der Waals surface area contributed by atoms with Gasteiger partial charge < -0.3 is 4.74 Å². The Morgan fingerprint density at radius 1 is 1.15 bits per heavy atom. The van der Waals surface area contributed by atoms with Crippen LogP contribution >= 0.6 is 0 Å². The highest BCUT2D eigenvalue weighted by Crippen LogP contribution is 2.33. The smallest absolute Gasteiger partial charge is 0.213 e. The number of piperidine rings is 1. The molecule has 140 valence electrons.